The lowest BCUT2D eigenvalue weighted by Crippen LogP contribution is -2.55. The minimum Gasteiger partial charge on any atom is -0.228 e. The zero-order valence-electron chi connectivity index (χ0n) is 27.1. The second-order valence-electron chi connectivity index (χ2n) is 15.8. The van der Waals surface area contributed by atoms with Crippen molar-refractivity contribution in [2.24, 2.45) is 23.7 Å². The highest BCUT2D eigenvalue weighted by atomic mass is 14.9. The number of aromatic nitrogens is 2. The van der Waals surface area contributed by atoms with Crippen LogP contribution in [0.25, 0.3) is 55.8 Å². The maximum atomic E-state index is 5.35. The van der Waals surface area contributed by atoms with E-state index < -0.39 is 0 Å². The third-order valence-corrected chi connectivity index (χ3v) is 13.2. The Morgan fingerprint density at radius 1 is 0.532 bits per heavy atom. The van der Waals surface area contributed by atoms with Crippen LogP contribution >= 0.6 is 0 Å². The SMILES string of the molecule is CC1(C)c2cc3c(cc2-c2cccc(-c4nc(-c5ccccc5)c5ccccc5n4)c21)C1(c2ccccc2-3)C2CC3CC(C2)CC1C3. The Bertz CT molecular complexity index is 2270. The smallest absolute Gasteiger partial charge is 0.160 e. The molecule has 1 aromatic heterocycles. The molecular weight excluding hydrogens is 569 g/mol. The zero-order chi connectivity index (χ0) is 31.1. The molecule has 6 aromatic rings. The Labute approximate surface area is 276 Å². The second-order valence-corrected chi connectivity index (χ2v) is 15.8. The van der Waals surface area contributed by atoms with E-state index in [0.29, 0.717) is 0 Å². The van der Waals surface area contributed by atoms with Gasteiger partial charge >= 0.3 is 0 Å². The lowest BCUT2D eigenvalue weighted by Gasteiger charge is -2.61. The number of hydrogen-bond donors (Lipinski definition) is 0. The number of nitrogens with zero attached hydrogens (tertiary/aromatic N) is 2. The molecular formula is C45H38N2. The van der Waals surface area contributed by atoms with Gasteiger partial charge in [-0.1, -0.05) is 105 Å². The van der Waals surface area contributed by atoms with E-state index in [1.807, 2.05) is 0 Å². The molecule has 228 valence electrons. The van der Waals surface area contributed by atoms with Crippen molar-refractivity contribution in [1.82, 2.24) is 9.97 Å². The highest BCUT2D eigenvalue weighted by Gasteiger charge is 2.62. The van der Waals surface area contributed by atoms with Gasteiger partial charge in [0.1, 0.15) is 0 Å². The molecule has 4 fully saturated rings. The van der Waals surface area contributed by atoms with E-state index in [1.165, 1.54) is 65.5 Å². The van der Waals surface area contributed by atoms with Crippen LogP contribution in [0.3, 0.4) is 0 Å². The summed E-state index contributed by atoms with van der Waals surface area (Å²) in [5, 5.41) is 1.09. The minimum absolute atomic E-state index is 0.172. The molecule has 0 aliphatic heterocycles. The fourth-order valence-electron chi connectivity index (χ4n) is 11.7. The average molecular weight is 607 g/mol. The molecule has 0 atom stereocenters. The minimum atomic E-state index is -0.188. The average Bonchev–Trinajstić information content (AvgIpc) is 3.51. The first-order valence-electron chi connectivity index (χ1n) is 17.8. The summed E-state index contributed by atoms with van der Waals surface area (Å²) in [6, 6.07) is 40.7. The fraction of sp³-hybridized carbons (Fsp3) is 0.289. The van der Waals surface area contributed by atoms with Crippen LogP contribution in [0.1, 0.15) is 68.2 Å². The van der Waals surface area contributed by atoms with Gasteiger partial charge in [0.2, 0.25) is 0 Å². The molecule has 12 rings (SSSR count). The van der Waals surface area contributed by atoms with E-state index in [-0.39, 0.29) is 10.8 Å². The monoisotopic (exact) mass is 606 g/mol. The third kappa shape index (κ3) is 3.32. The van der Waals surface area contributed by atoms with Gasteiger partial charge in [-0.25, -0.2) is 9.97 Å². The Balaban J connectivity index is 1.14. The molecule has 4 saturated carbocycles. The molecule has 47 heavy (non-hydrogen) atoms. The second kappa shape index (κ2) is 9.07. The van der Waals surface area contributed by atoms with Crippen LogP contribution in [0.15, 0.2) is 109 Å². The van der Waals surface area contributed by atoms with Crippen molar-refractivity contribution in [2.75, 3.05) is 0 Å². The molecule has 5 aromatic carbocycles. The standard InChI is InChI=1S/C45H38N2/c1-44(2)38-24-35-31-13-6-8-17-37(31)45(29-20-26-19-27(22-29)23-30(45)21-26)39(35)25-36(38)32-15-10-16-34(41(32)44)43-46-40-18-9-7-14-33(40)42(47-43)28-11-4-3-5-12-28/h3-18,24-27,29-30H,19-23H2,1-2H3. The summed E-state index contributed by atoms with van der Waals surface area (Å²) in [5.41, 5.74) is 16.1. The van der Waals surface area contributed by atoms with E-state index >= 15 is 0 Å². The van der Waals surface area contributed by atoms with Crippen LogP contribution in [0.5, 0.6) is 0 Å². The zero-order valence-corrected chi connectivity index (χ0v) is 27.1. The first-order valence-corrected chi connectivity index (χ1v) is 17.8. The van der Waals surface area contributed by atoms with Gasteiger partial charge in [-0.2, -0.15) is 0 Å². The first kappa shape index (κ1) is 26.5. The van der Waals surface area contributed by atoms with E-state index in [2.05, 4.69) is 123 Å². The first-order chi connectivity index (χ1) is 23.0. The number of fused-ring (bicyclic) bond motifs is 7. The van der Waals surface area contributed by atoms with Crippen molar-refractivity contribution < 1.29 is 0 Å². The topological polar surface area (TPSA) is 25.8 Å². The molecule has 2 nitrogen and oxygen atoms in total. The lowest BCUT2D eigenvalue weighted by atomic mass is 9.43. The maximum Gasteiger partial charge on any atom is 0.160 e. The molecule has 0 amide bonds. The van der Waals surface area contributed by atoms with Gasteiger partial charge in [0.15, 0.2) is 5.82 Å². The highest BCUT2D eigenvalue weighted by Crippen LogP contribution is 2.70. The molecule has 1 heterocycles. The van der Waals surface area contributed by atoms with Crippen LogP contribution in [-0.4, -0.2) is 9.97 Å². The van der Waals surface area contributed by atoms with Crippen LogP contribution in [-0.2, 0) is 10.8 Å². The predicted octanol–water partition coefficient (Wildman–Crippen LogP) is 11.0. The number of hydrogen-bond acceptors (Lipinski definition) is 2. The summed E-state index contributed by atoms with van der Waals surface area (Å²) in [6.45, 7) is 4.85. The fourth-order valence-corrected chi connectivity index (χ4v) is 11.7. The van der Waals surface area contributed by atoms with Gasteiger partial charge in [0.25, 0.3) is 0 Å². The third-order valence-electron chi connectivity index (χ3n) is 13.2. The van der Waals surface area contributed by atoms with Gasteiger partial charge in [-0.15, -0.1) is 0 Å². The van der Waals surface area contributed by atoms with Gasteiger partial charge in [-0.05, 0) is 118 Å². The Morgan fingerprint density at radius 3 is 1.98 bits per heavy atom. The number of rotatable bonds is 2. The molecule has 6 aliphatic carbocycles. The molecule has 0 saturated heterocycles. The molecule has 4 bridgehead atoms. The summed E-state index contributed by atoms with van der Waals surface area (Å²) >= 11 is 0. The number of para-hydroxylation sites is 1. The van der Waals surface area contributed by atoms with Gasteiger partial charge in [0, 0.05) is 27.3 Å². The van der Waals surface area contributed by atoms with Gasteiger partial charge in [-0.3, -0.25) is 0 Å². The summed E-state index contributed by atoms with van der Waals surface area (Å²) in [6.07, 6.45) is 7.12. The molecule has 0 radical (unpaired) electrons. The molecule has 2 heteroatoms. The van der Waals surface area contributed by atoms with Crippen molar-refractivity contribution in [2.45, 2.75) is 56.8 Å². The van der Waals surface area contributed by atoms with E-state index in [0.717, 1.165) is 57.2 Å². The van der Waals surface area contributed by atoms with Crippen molar-refractivity contribution >= 4 is 10.9 Å². The maximum absolute atomic E-state index is 5.35. The van der Waals surface area contributed by atoms with E-state index in [4.69, 9.17) is 9.97 Å². The van der Waals surface area contributed by atoms with Crippen LogP contribution in [0, 0.1) is 23.7 Å². The highest BCUT2D eigenvalue weighted by molar-refractivity contribution is 5.96. The Kier molecular flexibility index (Phi) is 5.11. The summed E-state index contributed by atoms with van der Waals surface area (Å²) in [5.74, 6) is 4.23. The molecule has 0 N–H and O–H groups in total. The summed E-state index contributed by atoms with van der Waals surface area (Å²) in [7, 11) is 0. The van der Waals surface area contributed by atoms with Crippen LogP contribution < -0.4 is 0 Å². The lowest BCUT2D eigenvalue weighted by molar-refractivity contribution is -0.0399. The molecule has 6 aliphatic rings. The number of benzene rings is 5. The van der Waals surface area contributed by atoms with E-state index in [1.54, 1.807) is 11.1 Å². The Hall–Kier alpha value is -4.56. The van der Waals surface area contributed by atoms with Crippen molar-refractivity contribution in [3.05, 3.63) is 131 Å². The van der Waals surface area contributed by atoms with Crippen LogP contribution in [0.4, 0.5) is 0 Å². The normalized spacial score (nSPS) is 26.8. The predicted molar refractivity (Wildman–Crippen MR) is 191 cm³/mol. The van der Waals surface area contributed by atoms with Gasteiger partial charge < -0.3 is 0 Å². The van der Waals surface area contributed by atoms with E-state index in [9.17, 15) is 0 Å². The van der Waals surface area contributed by atoms with Gasteiger partial charge in [0.05, 0.1) is 11.2 Å². The molecule has 1 spiro atoms. The Morgan fingerprint density at radius 2 is 1.17 bits per heavy atom. The quantitative estimate of drug-likeness (QED) is 0.196. The molecule has 0 unspecified atom stereocenters. The van der Waals surface area contributed by atoms with Crippen LogP contribution in [0.2, 0.25) is 0 Å². The summed E-state index contributed by atoms with van der Waals surface area (Å²) < 4.78 is 0. The van der Waals surface area contributed by atoms with Crippen molar-refractivity contribution in [1.29, 1.82) is 0 Å². The van der Waals surface area contributed by atoms with Crippen molar-refractivity contribution in [3.8, 4) is 44.9 Å². The summed E-state index contributed by atoms with van der Waals surface area (Å²) in [4.78, 5) is 10.6. The van der Waals surface area contributed by atoms with Crippen molar-refractivity contribution in [3.63, 3.8) is 0 Å². The largest absolute Gasteiger partial charge is 0.228 e.